The van der Waals surface area contributed by atoms with E-state index < -0.39 is 5.97 Å². The summed E-state index contributed by atoms with van der Waals surface area (Å²) in [6.07, 6.45) is 2.01. The van der Waals surface area contributed by atoms with Crippen LogP contribution in [0.5, 0.6) is 0 Å². The third kappa shape index (κ3) is 3.10. The first-order valence-electron chi connectivity index (χ1n) is 7.06. The number of rotatable bonds is 3. The molecule has 2 atom stereocenters. The van der Waals surface area contributed by atoms with E-state index in [1.807, 2.05) is 19.9 Å². The van der Waals surface area contributed by atoms with Crippen LogP contribution in [0.4, 0.5) is 5.82 Å². The van der Waals surface area contributed by atoms with Crippen molar-refractivity contribution in [1.82, 2.24) is 9.88 Å². The number of nitrogens with one attached hydrogen (secondary N) is 1. The minimum absolute atomic E-state index is 0.285. The van der Waals surface area contributed by atoms with Gasteiger partial charge in [-0.15, -0.1) is 0 Å². The smallest absolute Gasteiger partial charge is 0.339 e. The molecule has 2 N–H and O–H groups in total. The second kappa shape index (κ2) is 5.79. The SMILES string of the molecule is Cc1cc(C)c(C(=O)O)c(NC2CCN(C)C(C)C2)n1. The molecule has 1 aromatic rings. The van der Waals surface area contributed by atoms with Gasteiger partial charge in [-0.05, 0) is 52.3 Å². The zero-order valence-corrected chi connectivity index (χ0v) is 12.6. The van der Waals surface area contributed by atoms with Gasteiger partial charge in [-0.2, -0.15) is 0 Å². The molecule has 1 aliphatic heterocycles. The average Bonchev–Trinajstić information content (AvgIpc) is 2.32. The van der Waals surface area contributed by atoms with Crippen molar-refractivity contribution in [3.8, 4) is 0 Å². The molecule has 5 heteroatoms. The van der Waals surface area contributed by atoms with Crippen molar-refractivity contribution in [2.24, 2.45) is 0 Å². The Morgan fingerprint density at radius 2 is 2.20 bits per heavy atom. The Hall–Kier alpha value is -1.62. The quantitative estimate of drug-likeness (QED) is 0.887. The maximum Gasteiger partial charge on any atom is 0.339 e. The van der Waals surface area contributed by atoms with E-state index >= 15 is 0 Å². The predicted octanol–water partition coefficient (Wildman–Crippen LogP) is 2.29. The second-order valence-corrected chi connectivity index (χ2v) is 5.80. The minimum Gasteiger partial charge on any atom is -0.478 e. The van der Waals surface area contributed by atoms with Gasteiger partial charge in [0, 0.05) is 24.3 Å². The molecule has 0 aromatic carbocycles. The van der Waals surface area contributed by atoms with Gasteiger partial charge in [0.1, 0.15) is 11.4 Å². The summed E-state index contributed by atoms with van der Waals surface area (Å²) in [5.41, 5.74) is 1.90. The van der Waals surface area contributed by atoms with Crippen molar-refractivity contribution in [3.63, 3.8) is 0 Å². The first-order valence-corrected chi connectivity index (χ1v) is 7.06. The Morgan fingerprint density at radius 3 is 2.80 bits per heavy atom. The molecule has 110 valence electrons. The number of aryl methyl sites for hydroxylation is 2. The Bertz CT molecular complexity index is 516. The van der Waals surface area contributed by atoms with Crippen molar-refractivity contribution in [1.29, 1.82) is 0 Å². The standard InChI is InChI=1S/C15H23N3O2/c1-9-7-10(2)16-14(13(9)15(19)20)17-12-5-6-18(4)11(3)8-12/h7,11-12H,5-6,8H2,1-4H3,(H,16,17)(H,19,20). The number of nitrogens with zero attached hydrogens (tertiary/aromatic N) is 2. The summed E-state index contributed by atoms with van der Waals surface area (Å²) in [6, 6.07) is 2.60. The highest BCUT2D eigenvalue weighted by molar-refractivity contribution is 5.94. The van der Waals surface area contributed by atoms with Crippen LogP contribution in [0.2, 0.25) is 0 Å². The van der Waals surface area contributed by atoms with Crippen molar-refractivity contribution < 1.29 is 9.90 Å². The van der Waals surface area contributed by atoms with Gasteiger partial charge in [-0.1, -0.05) is 0 Å². The van der Waals surface area contributed by atoms with Gasteiger partial charge >= 0.3 is 5.97 Å². The van der Waals surface area contributed by atoms with Crippen molar-refractivity contribution >= 4 is 11.8 Å². The Balaban J connectivity index is 2.23. The van der Waals surface area contributed by atoms with Gasteiger partial charge in [0.05, 0.1) is 0 Å². The maximum absolute atomic E-state index is 11.4. The summed E-state index contributed by atoms with van der Waals surface area (Å²) in [6.45, 7) is 6.93. The highest BCUT2D eigenvalue weighted by Crippen LogP contribution is 2.23. The number of aromatic nitrogens is 1. The molecular weight excluding hydrogens is 254 g/mol. The first kappa shape index (κ1) is 14.8. The number of hydrogen-bond acceptors (Lipinski definition) is 4. The number of anilines is 1. The summed E-state index contributed by atoms with van der Waals surface area (Å²) < 4.78 is 0. The molecule has 2 heterocycles. The van der Waals surface area contributed by atoms with Gasteiger partial charge < -0.3 is 15.3 Å². The lowest BCUT2D eigenvalue weighted by atomic mass is 9.98. The molecule has 20 heavy (non-hydrogen) atoms. The van der Waals surface area contributed by atoms with Crippen molar-refractivity contribution in [2.75, 3.05) is 18.9 Å². The van der Waals surface area contributed by atoms with Crippen molar-refractivity contribution in [2.45, 2.75) is 45.7 Å². The van der Waals surface area contributed by atoms with Gasteiger partial charge in [0.25, 0.3) is 0 Å². The highest BCUT2D eigenvalue weighted by Gasteiger charge is 2.25. The third-order valence-electron chi connectivity index (χ3n) is 4.11. The lowest BCUT2D eigenvalue weighted by Crippen LogP contribution is -2.43. The summed E-state index contributed by atoms with van der Waals surface area (Å²) >= 11 is 0. The van der Waals surface area contributed by atoms with E-state index in [-0.39, 0.29) is 6.04 Å². The predicted molar refractivity (Wildman–Crippen MR) is 79.4 cm³/mol. The second-order valence-electron chi connectivity index (χ2n) is 5.80. The van der Waals surface area contributed by atoms with Crippen LogP contribution in [0.1, 0.15) is 41.4 Å². The van der Waals surface area contributed by atoms with Crippen LogP contribution in [0.15, 0.2) is 6.07 Å². The lowest BCUT2D eigenvalue weighted by Gasteiger charge is -2.35. The minimum atomic E-state index is -0.918. The molecule has 2 rings (SSSR count). The van der Waals surface area contributed by atoms with Crippen LogP contribution in [0, 0.1) is 13.8 Å². The zero-order chi connectivity index (χ0) is 14.9. The van der Waals surface area contributed by atoms with E-state index in [4.69, 9.17) is 0 Å². The number of pyridine rings is 1. The summed E-state index contributed by atoms with van der Waals surface area (Å²) in [5, 5.41) is 12.7. The monoisotopic (exact) mass is 277 g/mol. The summed E-state index contributed by atoms with van der Waals surface area (Å²) in [4.78, 5) is 18.1. The number of carbonyl (C=O) groups is 1. The third-order valence-corrected chi connectivity index (χ3v) is 4.11. The molecular formula is C15H23N3O2. The number of aromatic carboxylic acids is 1. The van der Waals surface area contributed by atoms with Gasteiger partial charge in [-0.3, -0.25) is 0 Å². The molecule has 1 fully saturated rings. The fourth-order valence-corrected chi connectivity index (χ4v) is 2.83. The van der Waals surface area contributed by atoms with E-state index in [1.165, 1.54) is 0 Å². The van der Waals surface area contributed by atoms with E-state index in [9.17, 15) is 9.90 Å². The Labute approximate surface area is 120 Å². The van der Waals surface area contributed by atoms with Crippen LogP contribution >= 0.6 is 0 Å². The molecule has 1 saturated heterocycles. The fourth-order valence-electron chi connectivity index (χ4n) is 2.83. The van der Waals surface area contributed by atoms with Crippen molar-refractivity contribution in [3.05, 3.63) is 22.9 Å². The lowest BCUT2D eigenvalue weighted by molar-refractivity contribution is 0.0696. The van der Waals surface area contributed by atoms with Crippen LogP contribution in [0.3, 0.4) is 0 Å². The Morgan fingerprint density at radius 1 is 1.50 bits per heavy atom. The Kier molecular flexibility index (Phi) is 4.28. The number of hydrogen-bond donors (Lipinski definition) is 2. The molecule has 0 amide bonds. The van der Waals surface area contributed by atoms with E-state index in [0.29, 0.717) is 17.4 Å². The number of carboxylic acid groups (broad SMARTS) is 1. The highest BCUT2D eigenvalue weighted by atomic mass is 16.4. The average molecular weight is 277 g/mol. The molecule has 1 aromatic heterocycles. The molecule has 0 saturated carbocycles. The van der Waals surface area contributed by atoms with E-state index in [0.717, 1.165) is 30.6 Å². The topological polar surface area (TPSA) is 65.5 Å². The van der Waals surface area contributed by atoms with E-state index in [1.54, 1.807) is 0 Å². The molecule has 2 unspecified atom stereocenters. The molecule has 5 nitrogen and oxygen atoms in total. The van der Waals surface area contributed by atoms with Gasteiger partial charge in [-0.25, -0.2) is 9.78 Å². The van der Waals surface area contributed by atoms with Crippen LogP contribution in [-0.2, 0) is 0 Å². The normalized spacial score (nSPS) is 23.6. The van der Waals surface area contributed by atoms with Crippen LogP contribution < -0.4 is 5.32 Å². The zero-order valence-electron chi connectivity index (χ0n) is 12.6. The molecule has 1 aliphatic rings. The number of piperidine rings is 1. The number of likely N-dealkylation sites (tertiary alicyclic amines) is 1. The molecule has 0 spiro atoms. The van der Waals surface area contributed by atoms with Crippen LogP contribution in [-0.4, -0.2) is 46.6 Å². The van der Waals surface area contributed by atoms with Crippen LogP contribution in [0.25, 0.3) is 0 Å². The molecule has 0 aliphatic carbocycles. The molecule has 0 radical (unpaired) electrons. The summed E-state index contributed by atoms with van der Waals surface area (Å²) in [5.74, 6) is -0.407. The van der Waals surface area contributed by atoms with Gasteiger partial charge in [0.15, 0.2) is 0 Å². The first-order chi connectivity index (χ1) is 9.38. The largest absolute Gasteiger partial charge is 0.478 e. The maximum atomic E-state index is 11.4. The molecule has 0 bridgehead atoms. The fraction of sp³-hybridized carbons (Fsp3) is 0.600. The van der Waals surface area contributed by atoms with E-state index in [2.05, 4.69) is 29.2 Å². The number of carboxylic acids is 1. The van der Waals surface area contributed by atoms with Gasteiger partial charge in [0.2, 0.25) is 0 Å². The summed E-state index contributed by atoms with van der Waals surface area (Å²) in [7, 11) is 2.12.